The van der Waals surface area contributed by atoms with Crippen LogP contribution in [0.5, 0.6) is 0 Å². The fraction of sp³-hybridized carbons (Fsp3) is 0.667. The molecule has 5 nitrogen and oxygen atoms in total. The number of likely N-dealkylation sites (tertiary alicyclic amines) is 1. The molecule has 2 aliphatic rings. The standard InChI is InChI=1S/C12H15ClN2.C9H19NO2/c1-10(13)12(5-8-14-9-6-12)11-4-2-3-7-15-11;1-12-8-9(11)7-10-5-3-2-4-6-10/h2-4,7,14H,1,5-6,8-9H2;9,11H,2-8H2,1H3. The average Bonchev–Trinajstić information content (AvgIpc) is 2.70. The van der Waals surface area contributed by atoms with E-state index in [-0.39, 0.29) is 11.5 Å². The van der Waals surface area contributed by atoms with Gasteiger partial charge in [0, 0.05) is 24.9 Å². The lowest BCUT2D eigenvalue weighted by Crippen LogP contribution is -2.40. The molecule has 1 atom stereocenters. The second-order valence-corrected chi connectivity index (χ2v) is 7.88. The van der Waals surface area contributed by atoms with E-state index in [2.05, 4.69) is 21.8 Å². The molecule has 2 saturated heterocycles. The minimum absolute atomic E-state index is 0.131. The number of aliphatic hydroxyl groups is 1. The number of hydrogen-bond acceptors (Lipinski definition) is 5. The second kappa shape index (κ2) is 11.8. The van der Waals surface area contributed by atoms with Crippen molar-refractivity contribution in [2.75, 3.05) is 46.4 Å². The van der Waals surface area contributed by atoms with E-state index in [1.54, 1.807) is 7.11 Å². The second-order valence-electron chi connectivity index (χ2n) is 7.42. The SMILES string of the molecule is C=C(Cl)C1(c2ccccn2)CCNCC1.COCC(O)CN1CCCCC1. The average molecular weight is 396 g/mol. The van der Waals surface area contributed by atoms with Crippen LogP contribution in [0.2, 0.25) is 0 Å². The summed E-state index contributed by atoms with van der Waals surface area (Å²) in [6.07, 6.45) is 7.36. The molecule has 0 spiro atoms. The van der Waals surface area contributed by atoms with E-state index < -0.39 is 0 Å². The van der Waals surface area contributed by atoms with Crippen LogP contribution in [0, 0.1) is 0 Å². The van der Waals surface area contributed by atoms with Crippen LogP contribution in [0.25, 0.3) is 0 Å². The third kappa shape index (κ3) is 6.84. The Kier molecular flexibility index (Phi) is 9.73. The molecule has 0 amide bonds. The molecule has 27 heavy (non-hydrogen) atoms. The Morgan fingerprint density at radius 2 is 2.04 bits per heavy atom. The van der Waals surface area contributed by atoms with Crippen molar-refractivity contribution in [2.24, 2.45) is 0 Å². The van der Waals surface area contributed by atoms with Gasteiger partial charge in [0.25, 0.3) is 0 Å². The lowest BCUT2D eigenvalue weighted by molar-refractivity contribution is 0.0335. The number of nitrogens with zero attached hydrogens (tertiary/aromatic N) is 2. The van der Waals surface area contributed by atoms with Gasteiger partial charge in [-0.3, -0.25) is 4.98 Å². The van der Waals surface area contributed by atoms with Crippen molar-refractivity contribution in [3.63, 3.8) is 0 Å². The molecule has 1 aromatic rings. The Hall–Kier alpha value is -0.980. The molecule has 6 heteroatoms. The summed E-state index contributed by atoms with van der Waals surface area (Å²) in [6, 6.07) is 5.97. The largest absolute Gasteiger partial charge is 0.389 e. The number of allylic oxidation sites excluding steroid dienone is 1. The Bertz CT molecular complexity index is 544. The van der Waals surface area contributed by atoms with Crippen LogP contribution >= 0.6 is 11.6 Å². The quantitative estimate of drug-likeness (QED) is 0.775. The molecule has 2 aliphatic heterocycles. The summed E-state index contributed by atoms with van der Waals surface area (Å²) >= 11 is 6.19. The first-order valence-electron chi connectivity index (χ1n) is 9.95. The maximum Gasteiger partial charge on any atom is 0.0900 e. The van der Waals surface area contributed by atoms with Crippen molar-refractivity contribution < 1.29 is 9.84 Å². The first kappa shape index (κ1) is 22.3. The highest BCUT2D eigenvalue weighted by atomic mass is 35.5. The van der Waals surface area contributed by atoms with E-state index in [0.717, 1.165) is 51.3 Å². The highest BCUT2D eigenvalue weighted by Gasteiger charge is 2.37. The number of halogens is 1. The third-order valence-corrected chi connectivity index (χ3v) is 5.77. The van der Waals surface area contributed by atoms with Crippen molar-refractivity contribution in [3.05, 3.63) is 41.7 Å². The van der Waals surface area contributed by atoms with Crippen LogP contribution in [0.1, 0.15) is 37.8 Å². The molecule has 0 aromatic carbocycles. The highest BCUT2D eigenvalue weighted by Crippen LogP contribution is 2.40. The number of hydrogen-bond donors (Lipinski definition) is 2. The number of aromatic nitrogens is 1. The first-order valence-corrected chi connectivity index (χ1v) is 10.3. The number of β-amino-alcohol motifs (C(OH)–C–C–N with tert-alkyl or cyclic N) is 1. The number of methoxy groups -OCH3 is 1. The molecule has 0 bridgehead atoms. The molecule has 152 valence electrons. The van der Waals surface area contributed by atoms with Crippen molar-refractivity contribution in [1.82, 2.24) is 15.2 Å². The van der Waals surface area contributed by atoms with Crippen LogP contribution in [0.4, 0.5) is 0 Å². The Morgan fingerprint density at radius 3 is 2.59 bits per heavy atom. The van der Waals surface area contributed by atoms with E-state index in [9.17, 15) is 5.11 Å². The van der Waals surface area contributed by atoms with E-state index in [1.165, 1.54) is 19.3 Å². The van der Waals surface area contributed by atoms with Gasteiger partial charge in [-0.2, -0.15) is 0 Å². The minimum Gasteiger partial charge on any atom is -0.389 e. The Balaban J connectivity index is 0.000000199. The van der Waals surface area contributed by atoms with Gasteiger partial charge in [0.2, 0.25) is 0 Å². The lowest BCUT2D eigenvalue weighted by atomic mass is 9.75. The van der Waals surface area contributed by atoms with Gasteiger partial charge in [-0.15, -0.1) is 0 Å². The molecule has 1 aromatic heterocycles. The summed E-state index contributed by atoms with van der Waals surface area (Å²) in [4.78, 5) is 6.74. The normalized spacial score (nSPS) is 21.0. The fourth-order valence-electron chi connectivity index (χ4n) is 3.85. The molecule has 0 aliphatic carbocycles. The number of rotatable bonds is 6. The monoisotopic (exact) mass is 395 g/mol. The van der Waals surface area contributed by atoms with Crippen molar-refractivity contribution >= 4 is 11.6 Å². The summed E-state index contributed by atoms with van der Waals surface area (Å²) < 4.78 is 4.87. The fourth-order valence-corrected chi connectivity index (χ4v) is 4.14. The van der Waals surface area contributed by atoms with Gasteiger partial charge in [0.05, 0.1) is 23.8 Å². The van der Waals surface area contributed by atoms with Gasteiger partial charge in [-0.1, -0.05) is 30.7 Å². The van der Waals surface area contributed by atoms with Crippen LogP contribution in [0.3, 0.4) is 0 Å². The zero-order valence-corrected chi connectivity index (χ0v) is 17.3. The van der Waals surface area contributed by atoms with Crippen LogP contribution in [-0.4, -0.2) is 67.5 Å². The first-order chi connectivity index (χ1) is 13.1. The van der Waals surface area contributed by atoms with Gasteiger partial charge >= 0.3 is 0 Å². The predicted molar refractivity (Wildman–Crippen MR) is 111 cm³/mol. The number of aliphatic hydroxyl groups excluding tert-OH is 1. The smallest absolute Gasteiger partial charge is 0.0900 e. The highest BCUT2D eigenvalue weighted by molar-refractivity contribution is 6.30. The maximum atomic E-state index is 9.43. The zero-order valence-electron chi connectivity index (χ0n) is 16.5. The summed E-state index contributed by atoms with van der Waals surface area (Å²) in [5, 5.41) is 13.5. The maximum absolute atomic E-state index is 9.43. The summed E-state index contributed by atoms with van der Waals surface area (Å²) in [7, 11) is 1.62. The van der Waals surface area contributed by atoms with Crippen LogP contribution < -0.4 is 5.32 Å². The summed E-state index contributed by atoms with van der Waals surface area (Å²) in [5.74, 6) is 0. The van der Waals surface area contributed by atoms with Crippen molar-refractivity contribution in [3.8, 4) is 0 Å². The van der Waals surface area contributed by atoms with E-state index in [0.29, 0.717) is 11.6 Å². The Labute approximate surface area is 168 Å². The van der Waals surface area contributed by atoms with Crippen LogP contribution in [-0.2, 0) is 10.2 Å². The molecular formula is C21H34ClN3O2. The molecule has 0 radical (unpaired) electrons. The van der Waals surface area contributed by atoms with Crippen LogP contribution in [0.15, 0.2) is 36.0 Å². The van der Waals surface area contributed by atoms with Crippen molar-refractivity contribution in [2.45, 2.75) is 43.6 Å². The van der Waals surface area contributed by atoms with E-state index in [4.69, 9.17) is 16.3 Å². The third-order valence-electron chi connectivity index (χ3n) is 5.41. The Morgan fingerprint density at radius 1 is 1.33 bits per heavy atom. The van der Waals surface area contributed by atoms with E-state index in [1.807, 2.05) is 24.4 Å². The van der Waals surface area contributed by atoms with Gasteiger partial charge in [0.1, 0.15) is 0 Å². The van der Waals surface area contributed by atoms with Gasteiger partial charge < -0.3 is 20.1 Å². The molecule has 3 heterocycles. The minimum atomic E-state index is -0.312. The summed E-state index contributed by atoms with van der Waals surface area (Å²) in [6.45, 7) is 9.38. The van der Waals surface area contributed by atoms with E-state index >= 15 is 0 Å². The van der Waals surface area contributed by atoms with Gasteiger partial charge in [-0.25, -0.2) is 0 Å². The number of piperidine rings is 2. The molecule has 0 saturated carbocycles. The molecular weight excluding hydrogens is 362 g/mol. The summed E-state index contributed by atoms with van der Waals surface area (Å²) in [5.41, 5.74) is 0.917. The van der Waals surface area contributed by atoms with Gasteiger partial charge in [0.15, 0.2) is 0 Å². The number of nitrogens with one attached hydrogen (secondary N) is 1. The predicted octanol–water partition coefficient (Wildman–Crippen LogP) is 2.93. The lowest BCUT2D eigenvalue weighted by Gasteiger charge is -2.36. The number of ether oxygens (including phenoxy) is 1. The molecule has 1 unspecified atom stereocenters. The molecule has 2 N–H and O–H groups in total. The van der Waals surface area contributed by atoms with Gasteiger partial charge in [-0.05, 0) is 64.0 Å². The molecule has 3 rings (SSSR count). The van der Waals surface area contributed by atoms with Crippen molar-refractivity contribution in [1.29, 1.82) is 0 Å². The topological polar surface area (TPSA) is 57.6 Å². The molecule has 2 fully saturated rings. The zero-order chi connectivity index (χ0) is 19.5. The number of pyridine rings is 1.